The summed E-state index contributed by atoms with van der Waals surface area (Å²) in [5.74, 6) is 0.762. The van der Waals surface area contributed by atoms with Gasteiger partial charge in [-0.25, -0.2) is 14.8 Å². The van der Waals surface area contributed by atoms with Crippen LogP contribution in [-0.4, -0.2) is 48.8 Å². The van der Waals surface area contributed by atoms with Gasteiger partial charge >= 0.3 is 6.09 Å². The minimum absolute atomic E-state index is 0.0289. The summed E-state index contributed by atoms with van der Waals surface area (Å²) in [6.07, 6.45) is 3.62. The fourth-order valence-corrected chi connectivity index (χ4v) is 3.32. The fraction of sp³-hybridized carbons (Fsp3) is 0.471. The number of aryl methyl sites for hydroxylation is 2. The number of pyridine rings is 1. The molecule has 0 radical (unpaired) electrons. The maximum atomic E-state index is 11.3. The van der Waals surface area contributed by atoms with E-state index in [1.54, 1.807) is 6.33 Å². The Morgan fingerprint density at radius 1 is 1.42 bits per heavy atom. The number of imidazole rings is 1. The van der Waals surface area contributed by atoms with Gasteiger partial charge < -0.3 is 19.9 Å². The van der Waals surface area contributed by atoms with Gasteiger partial charge in [-0.3, -0.25) is 0 Å². The van der Waals surface area contributed by atoms with E-state index in [0.717, 1.165) is 29.2 Å². The Labute approximate surface area is 141 Å². The summed E-state index contributed by atoms with van der Waals surface area (Å²) in [5, 5.41) is 12.7. The van der Waals surface area contributed by atoms with E-state index in [1.165, 1.54) is 4.90 Å². The molecule has 2 aromatic rings. The molecule has 1 saturated heterocycles. The van der Waals surface area contributed by atoms with Crippen molar-refractivity contribution in [3.05, 3.63) is 30.4 Å². The van der Waals surface area contributed by atoms with E-state index < -0.39 is 11.6 Å². The molecular weight excluding hydrogens is 306 g/mol. The zero-order chi connectivity index (χ0) is 17.5. The lowest BCUT2D eigenvalue weighted by Crippen LogP contribution is -2.50. The van der Waals surface area contributed by atoms with Crippen LogP contribution in [0.4, 0.5) is 10.6 Å². The van der Waals surface area contributed by atoms with Crippen LogP contribution < -0.4 is 5.32 Å². The van der Waals surface area contributed by atoms with E-state index in [4.69, 9.17) is 0 Å². The number of likely N-dealkylation sites (tertiary alicyclic amines) is 1. The van der Waals surface area contributed by atoms with Crippen molar-refractivity contribution in [3.8, 4) is 11.3 Å². The second-order valence-corrected chi connectivity index (χ2v) is 6.83. The molecule has 1 aliphatic rings. The average molecular weight is 329 g/mol. The summed E-state index contributed by atoms with van der Waals surface area (Å²) >= 11 is 0. The molecular formula is C17H23N5O2. The Hall–Kier alpha value is -2.57. The second-order valence-electron chi connectivity index (χ2n) is 6.83. The largest absolute Gasteiger partial charge is 0.465 e. The van der Waals surface area contributed by atoms with Crippen molar-refractivity contribution in [1.29, 1.82) is 0 Å². The number of amides is 1. The Balaban J connectivity index is 1.80. The van der Waals surface area contributed by atoms with Crippen LogP contribution in [0.25, 0.3) is 11.3 Å². The molecule has 2 N–H and O–H groups in total. The first-order chi connectivity index (χ1) is 11.3. The minimum atomic E-state index is -0.876. The van der Waals surface area contributed by atoms with Gasteiger partial charge in [0.1, 0.15) is 5.82 Å². The molecule has 0 bridgehead atoms. The topological polar surface area (TPSA) is 83.3 Å². The summed E-state index contributed by atoms with van der Waals surface area (Å²) in [4.78, 5) is 21.8. The minimum Gasteiger partial charge on any atom is -0.465 e. The van der Waals surface area contributed by atoms with Crippen LogP contribution in [0.1, 0.15) is 26.0 Å². The van der Waals surface area contributed by atoms with Crippen LogP contribution in [0.5, 0.6) is 0 Å². The SMILES string of the molecule is Cc1nc(N[C@@H]2CCN(C(=O)O)C2(C)C)ccc1-c1cn(C)cn1. The first-order valence-electron chi connectivity index (χ1n) is 8.02. The first kappa shape index (κ1) is 16.3. The molecule has 0 aliphatic carbocycles. The molecule has 2 aromatic heterocycles. The van der Waals surface area contributed by atoms with Gasteiger partial charge in [-0.1, -0.05) is 0 Å². The number of nitrogens with zero attached hydrogens (tertiary/aromatic N) is 4. The van der Waals surface area contributed by atoms with Crippen LogP contribution >= 0.6 is 0 Å². The smallest absolute Gasteiger partial charge is 0.407 e. The fourth-order valence-electron chi connectivity index (χ4n) is 3.32. The molecule has 3 heterocycles. The third-order valence-electron chi connectivity index (χ3n) is 4.81. The Bertz CT molecular complexity index is 768. The van der Waals surface area contributed by atoms with Crippen LogP contribution in [0.2, 0.25) is 0 Å². The summed E-state index contributed by atoms with van der Waals surface area (Å²) in [6.45, 7) is 6.38. The molecule has 1 atom stereocenters. The monoisotopic (exact) mass is 329 g/mol. The molecule has 7 nitrogen and oxygen atoms in total. The number of aromatic nitrogens is 3. The number of anilines is 1. The Morgan fingerprint density at radius 2 is 2.17 bits per heavy atom. The lowest BCUT2D eigenvalue weighted by Gasteiger charge is -2.34. The molecule has 1 aliphatic heterocycles. The Kier molecular flexibility index (Phi) is 3.95. The van der Waals surface area contributed by atoms with E-state index in [2.05, 4.69) is 15.3 Å². The maximum Gasteiger partial charge on any atom is 0.407 e. The van der Waals surface area contributed by atoms with Crippen LogP contribution in [0, 0.1) is 6.92 Å². The molecule has 24 heavy (non-hydrogen) atoms. The number of rotatable bonds is 3. The predicted octanol–water partition coefficient (Wildman–Crippen LogP) is 2.73. The van der Waals surface area contributed by atoms with Crippen molar-refractivity contribution >= 4 is 11.9 Å². The molecule has 128 valence electrons. The number of hydrogen-bond acceptors (Lipinski definition) is 4. The van der Waals surface area contributed by atoms with Gasteiger partial charge in [0.2, 0.25) is 0 Å². The van der Waals surface area contributed by atoms with Gasteiger partial charge in [-0.15, -0.1) is 0 Å². The number of carboxylic acid groups (broad SMARTS) is 1. The first-order valence-corrected chi connectivity index (χ1v) is 8.02. The van der Waals surface area contributed by atoms with Crippen molar-refractivity contribution < 1.29 is 9.90 Å². The van der Waals surface area contributed by atoms with E-state index in [9.17, 15) is 9.90 Å². The van der Waals surface area contributed by atoms with Crippen molar-refractivity contribution in [2.24, 2.45) is 7.05 Å². The van der Waals surface area contributed by atoms with Crippen LogP contribution in [-0.2, 0) is 7.05 Å². The zero-order valence-electron chi connectivity index (χ0n) is 14.4. The maximum absolute atomic E-state index is 11.3. The van der Waals surface area contributed by atoms with E-state index in [1.807, 2.05) is 50.7 Å². The summed E-state index contributed by atoms with van der Waals surface area (Å²) in [6, 6.07) is 3.96. The predicted molar refractivity (Wildman–Crippen MR) is 92.0 cm³/mol. The quantitative estimate of drug-likeness (QED) is 0.904. The average Bonchev–Trinajstić information content (AvgIpc) is 3.03. The van der Waals surface area contributed by atoms with Crippen molar-refractivity contribution in [2.45, 2.75) is 38.8 Å². The number of carbonyl (C=O) groups is 1. The Morgan fingerprint density at radius 3 is 2.71 bits per heavy atom. The highest BCUT2D eigenvalue weighted by molar-refractivity contribution is 5.67. The van der Waals surface area contributed by atoms with Crippen molar-refractivity contribution in [1.82, 2.24) is 19.4 Å². The lowest BCUT2D eigenvalue weighted by molar-refractivity contribution is 0.114. The van der Waals surface area contributed by atoms with Gasteiger partial charge in [-0.05, 0) is 39.3 Å². The molecule has 1 fully saturated rings. The molecule has 0 aromatic carbocycles. The van der Waals surface area contributed by atoms with Crippen LogP contribution in [0.3, 0.4) is 0 Å². The number of hydrogen-bond donors (Lipinski definition) is 2. The lowest BCUT2D eigenvalue weighted by atomic mass is 9.96. The van der Waals surface area contributed by atoms with Gasteiger partial charge in [0.15, 0.2) is 0 Å². The van der Waals surface area contributed by atoms with Crippen molar-refractivity contribution in [3.63, 3.8) is 0 Å². The van der Waals surface area contributed by atoms with E-state index in [-0.39, 0.29) is 6.04 Å². The van der Waals surface area contributed by atoms with Crippen LogP contribution in [0.15, 0.2) is 24.7 Å². The molecule has 0 spiro atoms. The third-order valence-corrected chi connectivity index (χ3v) is 4.81. The van der Waals surface area contributed by atoms with Gasteiger partial charge in [0, 0.05) is 31.0 Å². The van der Waals surface area contributed by atoms with E-state index in [0.29, 0.717) is 6.54 Å². The summed E-state index contributed by atoms with van der Waals surface area (Å²) < 4.78 is 1.91. The highest BCUT2D eigenvalue weighted by atomic mass is 16.4. The molecule has 1 amide bonds. The van der Waals surface area contributed by atoms with Gasteiger partial charge in [-0.2, -0.15) is 0 Å². The van der Waals surface area contributed by atoms with Crippen molar-refractivity contribution in [2.75, 3.05) is 11.9 Å². The number of nitrogens with one attached hydrogen (secondary N) is 1. The van der Waals surface area contributed by atoms with Gasteiger partial charge in [0.25, 0.3) is 0 Å². The van der Waals surface area contributed by atoms with Gasteiger partial charge in [0.05, 0.1) is 23.6 Å². The molecule has 7 heteroatoms. The second kappa shape index (κ2) is 5.81. The highest BCUT2D eigenvalue weighted by Crippen LogP contribution is 2.31. The molecule has 0 unspecified atom stereocenters. The third kappa shape index (κ3) is 2.81. The van der Waals surface area contributed by atoms with E-state index >= 15 is 0 Å². The zero-order valence-corrected chi connectivity index (χ0v) is 14.4. The highest BCUT2D eigenvalue weighted by Gasteiger charge is 2.44. The molecule has 0 saturated carbocycles. The standard InChI is InChI=1S/C17H23N5O2/c1-11-12(13-9-21(4)10-18-13)5-6-15(19-11)20-14-7-8-22(16(23)24)17(14,2)3/h5-6,9-10,14H,7-8H2,1-4H3,(H,19,20)(H,23,24)/t14-/m1/s1. The summed E-state index contributed by atoms with van der Waals surface area (Å²) in [7, 11) is 1.94. The normalized spacial score (nSPS) is 19.5. The molecule has 3 rings (SSSR count). The summed E-state index contributed by atoms with van der Waals surface area (Å²) in [5.41, 5.74) is 2.32.